The summed E-state index contributed by atoms with van der Waals surface area (Å²) >= 11 is 0. The molecule has 2 amide bonds. The number of benzene rings is 1. The summed E-state index contributed by atoms with van der Waals surface area (Å²) in [5.74, 6) is -1.35. The van der Waals surface area contributed by atoms with E-state index in [-0.39, 0.29) is 69.9 Å². The minimum Gasteiger partial charge on any atom is -0.481 e. The van der Waals surface area contributed by atoms with Gasteiger partial charge in [0.2, 0.25) is 5.91 Å². The topological polar surface area (TPSA) is 159 Å². The molecular weight excluding hydrogens is 793 g/mol. The second kappa shape index (κ2) is 14.2. The van der Waals surface area contributed by atoms with E-state index in [1.54, 1.807) is 20.8 Å². The number of amides is 2. The number of rotatable bonds is 9. The molecular formula is C53H76N2O8. The van der Waals surface area contributed by atoms with Crippen molar-refractivity contribution in [2.24, 2.45) is 67.5 Å². The smallest absolute Gasteiger partial charge is 0.408 e. The molecule has 0 heterocycles. The fraction of sp³-hybridized carbons (Fsp3) is 0.755. The zero-order chi connectivity index (χ0) is 46.4. The number of allylic oxidation sites excluding steroid dienone is 1. The van der Waals surface area contributed by atoms with Crippen molar-refractivity contribution in [2.45, 2.75) is 183 Å². The van der Waals surface area contributed by atoms with Gasteiger partial charge in [0, 0.05) is 6.42 Å². The number of alkyl carbamates (subject to hydrolysis) is 1. The molecule has 6 saturated carbocycles. The molecule has 0 radical (unpaired) electrons. The third-order valence-corrected chi connectivity index (χ3v) is 20.4. The van der Waals surface area contributed by atoms with E-state index in [2.05, 4.69) is 59.1 Å². The SMILES string of the molecule is CC(C)C1=C2[C@H]3CC[C@@H]4[C@]5(C)CC[C@H]([C@]6(C(=O)O)C[C@](Cc7ccccc7)(C(=O)O)C6(C)C)C(C)(C)[C@H]5CC[C@@]4(C)[C@]3(C)CC[C@@]2(NC(=O)C2(NC(=O)OC(C)(C)C)CC2)CC1=O. The molecule has 10 nitrogen and oxygen atoms in total. The molecule has 0 unspecified atom stereocenters. The lowest BCUT2D eigenvalue weighted by Gasteiger charge is -2.75. The quantitative estimate of drug-likeness (QED) is 0.191. The van der Waals surface area contributed by atoms with Crippen LogP contribution in [0.25, 0.3) is 0 Å². The van der Waals surface area contributed by atoms with Gasteiger partial charge in [0.1, 0.15) is 11.1 Å². The van der Waals surface area contributed by atoms with Crippen molar-refractivity contribution in [1.82, 2.24) is 10.6 Å². The molecule has 0 saturated heterocycles. The minimum absolute atomic E-state index is 0.00290. The molecule has 63 heavy (non-hydrogen) atoms. The minimum atomic E-state index is -1.20. The van der Waals surface area contributed by atoms with Gasteiger partial charge in [0.15, 0.2) is 5.78 Å². The molecule has 8 rings (SSSR count). The van der Waals surface area contributed by atoms with Gasteiger partial charge in [-0.3, -0.25) is 19.2 Å². The highest BCUT2D eigenvalue weighted by Crippen LogP contribution is 2.81. The van der Waals surface area contributed by atoms with Gasteiger partial charge in [0.05, 0.1) is 16.4 Å². The second-order valence-corrected chi connectivity index (χ2v) is 25.0. The van der Waals surface area contributed by atoms with Crippen LogP contribution in [0, 0.1) is 67.5 Å². The lowest BCUT2D eigenvalue weighted by Crippen LogP contribution is -2.75. The van der Waals surface area contributed by atoms with Crippen molar-refractivity contribution in [3.05, 3.63) is 47.0 Å². The molecule has 1 aromatic carbocycles. The number of carbonyl (C=O) groups excluding carboxylic acids is 3. The normalized spacial score (nSPS) is 40.6. The van der Waals surface area contributed by atoms with E-state index >= 15 is 0 Å². The molecule has 0 aromatic heterocycles. The van der Waals surface area contributed by atoms with Gasteiger partial charge in [-0.05, 0) is 171 Å². The standard InChI is InChI=1S/C53H76N2O8/c1-31(2)38-34(56)29-52(54-40(57)51(26-27-51)55-43(62)63-44(3,4)5)25-24-48(11)33(39(38)52)18-19-37-47(10)22-20-36(45(6,7)35(47)21-23-49(37,48)12)53(42(60)61)30-50(41(58)59,46(53,8)9)28-32-16-14-13-15-17-32/h13-17,31,33,35-37H,18-30H2,1-12H3,(H,54,57)(H,55,62)(H,58,59)(H,60,61)/t33-,35-,36+,37-,47-,48-,49-,50-,52-,53+/m1/s1. The Morgan fingerprint density at radius 1 is 0.762 bits per heavy atom. The number of fused-ring (bicyclic) bond motifs is 7. The first-order valence-corrected chi connectivity index (χ1v) is 24.2. The second-order valence-electron chi connectivity index (χ2n) is 25.0. The van der Waals surface area contributed by atoms with E-state index in [0.29, 0.717) is 31.6 Å². The molecule has 10 atom stereocenters. The van der Waals surface area contributed by atoms with Gasteiger partial charge < -0.3 is 25.6 Å². The number of ether oxygens (including phenoxy) is 1. The van der Waals surface area contributed by atoms with E-state index in [4.69, 9.17) is 4.74 Å². The Morgan fingerprint density at radius 3 is 1.95 bits per heavy atom. The average Bonchev–Trinajstić information content (AvgIpc) is 3.88. The molecule has 0 spiro atoms. The van der Waals surface area contributed by atoms with E-state index < -0.39 is 51.0 Å². The van der Waals surface area contributed by atoms with Gasteiger partial charge in [0.25, 0.3) is 0 Å². The predicted octanol–water partition coefficient (Wildman–Crippen LogP) is 10.3. The lowest BCUT2D eigenvalue weighted by atomic mass is 9.27. The number of carboxylic acid groups (broad SMARTS) is 2. The summed E-state index contributed by atoms with van der Waals surface area (Å²) in [5, 5.41) is 28.7. The fourth-order valence-electron chi connectivity index (χ4n) is 16.9. The predicted molar refractivity (Wildman–Crippen MR) is 241 cm³/mol. The first-order chi connectivity index (χ1) is 29.0. The number of hydrogen-bond donors (Lipinski definition) is 4. The molecule has 0 bridgehead atoms. The van der Waals surface area contributed by atoms with Crippen LogP contribution >= 0.6 is 0 Å². The van der Waals surface area contributed by atoms with Gasteiger partial charge in [-0.15, -0.1) is 0 Å². The molecule has 4 N–H and O–H groups in total. The Kier molecular flexibility index (Phi) is 10.3. The van der Waals surface area contributed by atoms with Crippen molar-refractivity contribution < 1.29 is 38.9 Å². The van der Waals surface area contributed by atoms with E-state index in [9.17, 15) is 34.2 Å². The number of nitrogens with one attached hydrogen (secondary N) is 2. The van der Waals surface area contributed by atoms with Gasteiger partial charge in [-0.25, -0.2) is 4.79 Å². The maximum absolute atomic E-state index is 14.4. The maximum atomic E-state index is 14.4. The zero-order valence-electron chi connectivity index (χ0n) is 40.3. The first kappa shape index (κ1) is 45.9. The summed E-state index contributed by atoms with van der Waals surface area (Å²) in [5.41, 5.74) is -3.66. The Labute approximate surface area is 375 Å². The summed E-state index contributed by atoms with van der Waals surface area (Å²) in [6, 6.07) is 9.67. The average molecular weight is 869 g/mol. The summed E-state index contributed by atoms with van der Waals surface area (Å²) in [4.78, 5) is 68.9. The van der Waals surface area contributed by atoms with Gasteiger partial charge in [-0.2, -0.15) is 0 Å². The first-order valence-electron chi connectivity index (χ1n) is 24.2. The molecule has 0 aliphatic heterocycles. The summed E-state index contributed by atoms with van der Waals surface area (Å²) in [6.07, 6.45) is 8.08. The van der Waals surface area contributed by atoms with Crippen molar-refractivity contribution in [1.29, 1.82) is 0 Å². The van der Waals surface area contributed by atoms with E-state index in [0.717, 1.165) is 61.7 Å². The third-order valence-electron chi connectivity index (χ3n) is 20.4. The number of carbonyl (C=O) groups is 5. The number of carboxylic acids is 2. The van der Waals surface area contributed by atoms with Crippen LogP contribution in [0.4, 0.5) is 4.79 Å². The van der Waals surface area contributed by atoms with Crippen LogP contribution < -0.4 is 10.6 Å². The summed E-state index contributed by atoms with van der Waals surface area (Å²) in [7, 11) is 0. The third kappa shape index (κ3) is 6.16. The maximum Gasteiger partial charge on any atom is 0.408 e. The van der Waals surface area contributed by atoms with Gasteiger partial charge in [-0.1, -0.05) is 92.6 Å². The van der Waals surface area contributed by atoms with Crippen LogP contribution in [-0.2, 0) is 30.3 Å². The van der Waals surface area contributed by atoms with Crippen LogP contribution in [0.5, 0.6) is 0 Å². The molecule has 7 aliphatic rings. The monoisotopic (exact) mass is 869 g/mol. The Bertz CT molecular complexity index is 2150. The molecule has 10 heteroatoms. The van der Waals surface area contributed by atoms with Crippen LogP contribution in [0.2, 0.25) is 0 Å². The van der Waals surface area contributed by atoms with Crippen molar-refractivity contribution in [2.75, 3.05) is 0 Å². The number of Topliss-reactive ketones (excluding diaryl/α,β-unsaturated/α-hetero) is 1. The highest BCUT2D eigenvalue weighted by Gasteiger charge is 2.81. The number of ketones is 1. The van der Waals surface area contributed by atoms with Crippen molar-refractivity contribution in [3.63, 3.8) is 0 Å². The summed E-state index contributed by atoms with van der Waals surface area (Å²) < 4.78 is 5.55. The van der Waals surface area contributed by atoms with Gasteiger partial charge >= 0.3 is 18.0 Å². The van der Waals surface area contributed by atoms with Crippen molar-refractivity contribution >= 4 is 29.7 Å². The van der Waals surface area contributed by atoms with E-state index in [1.165, 1.54) is 0 Å². The molecule has 7 aliphatic carbocycles. The Morgan fingerprint density at radius 2 is 1.40 bits per heavy atom. The molecule has 1 aromatic rings. The van der Waals surface area contributed by atoms with Crippen LogP contribution in [0.1, 0.15) is 166 Å². The zero-order valence-corrected chi connectivity index (χ0v) is 40.3. The number of aliphatic carboxylic acids is 2. The largest absolute Gasteiger partial charge is 0.481 e. The molecule has 346 valence electrons. The fourth-order valence-corrected chi connectivity index (χ4v) is 16.9. The van der Waals surface area contributed by atoms with Crippen LogP contribution in [-0.4, -0.2) is 56.6 Å². The lowest BCUT2D eigenvalue weighted by molar-refractivity contribution is -0.281. The van der Waals surface area contributed by atoms with E-state index in [1.807, 2.05) is 44.2 Å². The highest BCUT2D eigenvalue weighted by molar-refractivity contribution is 6.03. The summed E-state index contributed by atoms with van der Waals surface area (Å²) in [6.45, 7) is 25.6. The van der Waals surface area contributed by atoms with Crippen molar-refractivity contribution in [3.8, 4) is 0 Å². The Balaban J connectivity index is 1.09. The molecule has 6 fully saturated rings. The Hall–Kier alpha value is -3.69. The van der Waals surface area contributed by atoms with Crippen LogP contribution in [0.3, 0.4) is 0 Å². The van der Waals surface area contributed by atoms with Crippen LogP contribution in [0.15, 0.2) is 41.5 Å². The highest BCUT2D eigenvalue weighted by atomic mass is 16.6. The number of hydrogen-bond acceptors (Lipinski definition) is 6.